The first kappa shape index (κ1) is 18.7. The van der Waals surface area contributed by atoms with Gasteiger partial charge in [0.15, 0.2) is 0 Å². The Kier molecular flexibility index (Phi) is 6.75. The number of unbranched alkanes of at least 4 members (excludes halogenated alkanes) is 1. The van der Waals surface area contributed by atoms with E-state index >= 15 is 0 Å². The van der Waals surface area contributed by atoms with Crippen LogP contribution in [0, 0.1) is 5.41 Å². The Balaban J connectivity index is 2.77. The molecule has 0 aromatic heterocycles. The Labute approximate surface area is 136 Å². The van der Waals surface area contributed by atoms with E-state index in [0.717, 1.165) is 12.8 Å². The second-order valence-electron chi connectivity index (χ2n) is 5.76. The zero-order valence-electron chi connectivity index (χ0n) is 14.1. The third-order valence-corrected chi connectivity index (χ3v) is 3.49. The third-order valence-electron chi connectivity index (χ3n) is 3.49. The lowest BCUT2D eigenvalue weighted by atomic mass is 9.91. The van der Waals surface area contributed by atoms with E-state index in [0.29, 0.717) is 17.8 Å². The van der Waals surface area contributed by atoms with Gasteiger partial charge >= 0.3 is 5.97 Å². The number of methoxy groups -OCH3 is 1. The van der Waals surface area contributed by atoms with Gasteiger partial charge in [-0.1, -0.05) is 19.4 Å². The highest BCUT2D eigenvalue weighted by Crippen LogP contribution is 2.20. The largest absolute Gasteiger partial charge is 0.465 e. The highest BCUT2D eigenvalue weighted by atomic mass is 16.5. The number of nitrogens with one attached hydrogen (secondary N) is 2. The normalized spacial score (nSPS) is 10.8. The number of rotatable bonds is 7. The van der Waals surface area contributed by atoms with Crippen LogP contribution < -0.4 is 10.6 Å². The molecule has 1 aromatic rings. The van der Waals surface area contributed by atoms with E-state index in [1.54, 1.807) is 32.0 Å². The molecule has 0 saturated heterocycles. The minimum absolute atomic E-state index is 0.326. The SMILES string of the molecule is CCCCNC(=O)C(C)(C)C(=O)Nc1cccc(C(=O)OC)c1. The van der Waals surface area contributed by atoms with Gasteiger partial charge in [-0.15, -0.1) is 0 Å². The van der Waals surface area contributed by atoms with Gasteiger partial charge < -0.3 is 15.4 Å². The average molecular weight is 320 g/mol. The van der Waals surface area contributed by atoms with Crippen LogP contribution in [-0.2, 0) is 14.3 Å². The summed E-state index contributed by atoms with van der Waals surface area (Å²) in [5, 5.41) is 5.42. The van der Waals surface area contributed by atoms with Gasteiger partial charge in [-0.2, -0.15) is 0 Å². The van der Waals surface area contributed by atoms with Gasteiger partial charge in [0, 0.05) is 12.2 Å². The van der Waals surface area contributed by atoms with Crippen LogP contribution in [0.15, 0.2) is 24.3 Å². The number of ether oxygens (including phenoxy) is 1. The zero-order chi connectivity index (χ0) is 17.5. The number of amides is 2. The first-order valence-electron chi connectivity index (χ1n) is 7.61. The molecule has 1 rings (SSSR count). The van der Waals surface area contributed by atoms with E-state index < -0.39 is 17.3 Å². The summed E-state index contributed by atoms with van der Waals surface area (Å²) < 4.78 is 4.64. The van der Waals surface area contributed by atoms with Gasteiger partial charge in [0.25, 0.3) is 0 Å². The summed E-state index contributed by atoms with van der Waals surface area (Å²) in [6.45, 7) is 5.70. The summed E-state index contributed by atoms with van der Waals surface area (Å²) in [6, 6.07) is 6.38. The molecule has 0 bridgehead atoms. The molecule has 6 heteroatoms. The molecular formula is C17H24N2O4. The predicted molar refractivity (Wildman–Crippen MR) is 88.1 cm³/mol. The fourth-order valence-electron chi connectivity index (χ4n) is 1.83. The maximum Gasteiger partial charge on any atom is 0.337 e. The number of hydrogen-bond donors (Lipinski definition) is 2. The van der Waals surface area contributed by atoms with Crippen molar-refractivity contribution in [1.82, 2.24) is 5.32 Å². The van der Waals surface area contributed by atoms with Crippen LogP contribution in [-0.4, -0.2) is 31.4 Å². The van der Waals surface area contributed by atoms with Crippen molar-refractivity contribution in [3.8, 4) is 0 Å². The number of benzene rings is 1. The van der Waals surface area contributed by atoms with Crippen molar-refractivity contribution in [3.05, 3.63) is 29.8 Å². The molecule has 2 N–H and O–H groups in total. The summed E-state index contributed by atoms with van der Waals surface area (Å²) in [6.07, 6.45) is 1.83. The van der Waals surface area contributed by atoms with E-state index in [1.165, 1.54) is 13.2 Å². The van der Waals surface area contributed by atoms with Crippen molar-refractivity contribution in [3.63, 3.8) is 0 Å². The van der Waals surface area contributed by atoms with E-state index in [4.69, 9.17) is 0 Å². The Morgan fingerprint density at radius 1 is 1.17 bits per heavy atom. The van der Waals surface area contributed by atoms with Crippen molar-refractivity contribution in [2.24, 2.45) is 5.41 Å². The summed E-state index contributed by atoms with van der Waals surface area (Å²) in [7, 11) is 1.29. The number of anilines is 1. The van der Waals surface area contributed by atoms with Crippen molar-refractivity contribution >= 4 is 23.5 Å². The first-order chi connectivity index (χ1) is 10.8. The van der Waals surface area contributed by atoms with Crippen LogP contribution in [0.4, 0.5) is 5.69 Å². The minimum atomic E-state index is -1.21. The average Bonchev–Trinajstić information content (AvgIpc) is 2.54. The lowest BCUT2D eigenvalue weighted by molar-refractivity contribution is -0.138. The van der Waals surface area contributed by atoms with Gasteiger partial charge in [0.05, 0.1) is 12.7 Å². The standard InChI is InChI=1S/C17H24N2O4/c1-5-6-10-18-15(21)17(2,3)16(22)19-13-9-7-8-12(11-13)14(20)23-4/h7-9,11H,5-6,10H2,1-4H3,(H,18,21)(H,19,22). The Morgan fingerprint density at radius 3 is 2.48 bits per heavy atom. The molecule has 126 valence electrons. The molecule has 6 nitrogen and oxygen atoms in total. The Morgan fingerprint density at radius 2 is 1.87 bits per heavy atom. The smallest absolute Gasteiger partial charge is 0.337 e. The van der Waals surface area contributed by atoms with E-state index in [9.17, 15) is 14.4 Å². The van der Waals surface area contributed by atoms with Gasteiger partial charge in [-0.3, -0.25) is 9.59 Å². The molecule has 0 atom stereocenters. The number of esters is 1. The number of carbonyl (C=O) groups is 3. The van der Waals surface area contributed by atoms with Crippen LogP contribution >= 0.6 is 0 Å². The molecule has 2 amide bonds. The van der Waals surface area contributed by atoms with E-state index in [2.05, 4.69) is 15.4 Å². The molecule has 0 aliphatic rings. The summed E-state index contributed by atoms with van der Waals surface area (Å²) in [4.78, 5) is 36.0. The van der Waals surface area contributed by atoms with Crippen molar-refractivity contribution in [1.29, 1.82) is 0 Å². The Bertz CT molecular complexity index is 582. The van der Waals surface area contributed by atoms with Crippen molar-refractivity contribution < 1.29 is 19.1 Å². The van der Waals surface area contributed by atoms with Gasteiger partial charge in [0.1, 0.15) is 5.41 Å². The molecule has 0 fully saturated rings. The van der Waals surface area contributed by atoms with Crippen LogP contribution in [0.25, 0.3) is 0 Å². The maximum atomic E-state index is 12.4. The van der Waals surface area contributed by atoms with Crippen LogP contribution in [0.2, 0.25) is 0 Å². The maximum absolute atomic E-state index is 12.4. The summed E-state index contributed by atoms with van der Waals surface area (Å²) >= 11 is 0. The van der Waals surface area contributed by atoms with E-state index in [1.807, 2.05) is 6.92 Å². The minimum Gasteiger partial charge on any atom is -0.465 e. The first-order valence-corrected chi connectivity index (χ1v) is 7.61. The van der Waals surface area contributed by atoms with Gasteiger partial charge in [-0.05, 0) is 38.5 Å². The third kappa shape index (κ3) is 5.09. The number of carbonyl (C=O) groups excluding carboxylic acids is 3. The van der Waals surface area contributed by atoms with Crippen molar-refractivity contribution in [2.45, 2.75) is 33.6 Å². The lowest BCUT2D eigenvalue weighted by Gasteiger charge is -2.22. The quantitative estimate of drug-likeness (QED) is 0.459. The highest BCUT2D eigenvalue weighted by molar-refractivity contribution is 6.10. The van der Waals surface area contributed by atoms with Crippen molar-refractivity contribution in [2.75, 3.05) is 19.0 Å². The van der Waals surface area contributed by atoms with Crippen LogP contribution in [0.5, 0.6) is 0 Å². The molecule has 1 aromatic carbocycles. The molecular weight excluding hydrogens is 296 g/mol. The Hall–Kier alpha value is -2.37. The molecule has 0 heterocycles. The molecule has 0 saturated carbocycles. The monoisotopic (exact) mass is 320 g/mol. The molecule has 0 radical (unpaired) electrons. The summed E-state index contributed by atoms with van der Waals surface area (Å²) in [5.41, 5.74) is -0.447. The second kappa shape index (κ2) is 8.31. The molecule has 0 aliphatic carbocycles. The van der Waals surface area contributed by atoms with Crippen LogP contribution in [0.1, 0.15) is 44.0 Å². The zero-order valence-corrected chi connectivity index (χ0v) is 14.1. The second-order valence-corrected chi connectivity index (χ2v) is 5.76. The molecule has 0 unspecified atom stereocenters. The van der Waals surface area contributed by atoms with Gasteiger partial charge in [-0.25, -0.2) is 4.79 Å². The van der Waals surface area contributed by atoms with Gasteiger partial charge in [0.2, 0.25) is 11.8 Å². The van der Waals surface area contributed by atoms with E-state index in [-0.39, 0.29) is 5.91 Å². The fraction of sp³-hybridized carbons (Fsp3) is 0.471. The van der Waals surface area contributed by atoms with Crippen LogP contribution in [0.3, 0.4) is 0 Å². The number of hydrogen-bond acceptors (Lipinski definition) is 4. The molecule has 0 aliphatic heterocycles. The molecule has 23 heavy (non-hydrogen) atoms. The lowest BCUT2D eigenvalue weighted by Crippen LogP contribution is -2.45. The highest BCUT2D eigenvalue weighted by Gasteiger charge is 2.35. The predicted octanol–water partition coefficient (Wildman–Crippen LogP) is 2.35. The topological polar surface area (TPSA) is 84.5 Å². The summed E-state index contributed by atoms with van der Waals surface area (Å²) in [5.74, 6) is -1.25. The molecule has 0 spiro atoms. The fourth-order valence-corrected chi connectivity index (χ4v) is 1.83.